The summed E-state index contributed by atoms with van der Waals surface area (Å²) < 4.78 is 29.9. The number of H-pyrrole nitrogens is 1. The Balaban J connectivity index is 1.46. The minimum atomic E-state index is -3.42. The van der Waals surface area contributed by atoms with Crippen molar-refractivity contribution >= 4 is 26.6 Å². The van der Waals surface area contributed by atoms with Crippen LogP contribution in [0.25, 0.3) is 27.8 Å². The average molecular weight is 511 g/mol. The number of likely N-dealkylation sites (tertiary alicyclic amines) is 1. The van der Waals surface area contributed by atoms with E-state index in [4.69, 9.17) is 9.88 Å². The standard InChI is InChI=1S/C26H34N6O3S/c1-17(2)24-22-13-19(18-6-8-31(9-7-18)10-11-36(27,33)34)4-5-23(22)30-25(24)20-12-21(15-35-3)26-28-16-29-32(26)14-20/h4-5,12-14,16-18,30H,6-11,15H2,1-3H3,(H2,27,33,34). The van der Waals surface area contributed by atoms with Gasteiger partial charge in [-0.3, -0.25) is 0 Å². The maximum absolute atomic E-state index is 11.3. The van der Waals surface area contributed by atoms with E-state index in [1.165, 1.54) is 16.5 Å². The summed E-state index contributed by atoms with van der Waals surface area (Å²) in [6.07, 6.45) is 5.61. The number of nitrogens with two attached hydrogens (primary N) is 1. The van der Waals surface area contributed by atoms with Gasteiger partial charge in [-0.1, -0.05) is 19.9 Å². The van der Waals surface area contributed by atoms with Crippen molar-refractivity contribution in [3.63, 3.8) is 0 Å². The number of rotatable bonds is 8. The van der Waals surface area contributed by atoms with Crippen molar-refractivity contribution in [1.82, 2.24) is 24.5 Å². The fourth-order valence-electron chi connectivity index (χ4n) is 5.45. The summed E-state index contributed by atoms with van der Waals surface area (Å²) >= 11 is 0. The van der Waals surface area contributed by atoms with E-state index in [1.54, 1.807) is 13.4 Å². The van der Waals surface area contributed by atoms with Gasteiger partial charge in [-0.05, 0) is 67.1 Å². The van der Waals surface area contributed by atoms with Gasteiger partial charge >= 0.3 is 0 Å². The molecule has 0 unspecified atom stereocenters. The number of aromatic nitrogens is 4. The number of hydrogen-bond donors (Lipinski definition) is 2. The molecule has 0 radical (unpaired) electrons. The summed E-state index contributed by atoms with van der Waals surface area (Å²) in [5.41, 5.74) is 7.72. The third-order valence-corrected chi connectivity index (χ3v) is 7.98. The summed E-state index contributed by atoms with van der Waals surface area (Å²) in [4.78, 5) is 10.3. The van der Waals surface area contributed by atoms with E-state index in [1.807, 2.05) is 10.7 Å². The first-order valence-electron chi connectivity index (χ1n) is 12.4. The molecule has 0 saturated carbocycles. The van der Waals surface area contributed by atoms with Gasteiger partial charge in [-0.15, -0.1) is 0 Å². The molecule has 4 aromatic rings. The number of aromatic amines is 1. The van der Waals surface area contributed by atoms with E-state index in [2.05, 4.69) is 58.1 Å². The highest BCUT2D eigenvalue weighted by Crippen LogP contribution is 2.38. The van der Waals surface area contributed by atoms with Gasteiger partial charge in [0.2, 0.25) is 10.0 Å². The van der Waals surface area contributed by atoms with Crippen LogP contribution in [0.1, 0.15) is 55.2 Å². The number of ether oxygens (including phenoxy) is 1. The highest BCUT2D eigenvalue weighted by Gasteiger charge is 2.24. The van der Waals surface area contributed by atoms with Crippen LogP contribution in [0.3, 0.4) is 0 Å². The molecule has 5 rings (SSSR count). The lowest BCUT2D eigenvalue weighted by atomic mass is 9.87. The van der Waals surface area contributed by atoms with E-state index >= 15 is 0 Å². The first kappa shape index (κ1) is 24.9. The molecule has 4 heterocycles. The molecule has 0 aliphatic carbocycles. The Hall–Kier alpha value is -2.79. The third-order valence-electron chi connectivity index (χ3n) is 7.23. The highest BCUT2D eigenvalue weighted by molar-refractivity contribution is 7.89. The van der Waals surface area contributed by atoms with E-state index in [-0.39, 0.29) is 5.75 Å². The van der Waals surface area contributed by atoms with Crippen LogP contribution in [0.5, 0.6) is 0 Å². The maximum Gasteiger partial charge on any atom is 0.210 e. The molecule has 3 N–H and O–H groups in total. The van der Waals surface area contributed by atoms with Crippen LogP contribution in [0.15, 0.2) is 36.8 Å². The number of methoxy groups -OCH3 is 1. The minimum absolute atomic E-state index is 0.0139. The Morgan fingerprint density at radius 3 is 2.69 bits per heavy atom. The average Bonchev–Trinajstić information content (AvgIpc) is 3.47. The van der Waals surface area contributed by atoms with Crippen LogP contribution >= 0.6 is 0 Å². The molecule has 9 nitrogen and oxygen atoms in total. The molecule has 1 aromatic carbocycles. The van der Waals surface area contributed by atoms with Crippen molar-refractivity contribution in [2.75, 3.05) is 32.5 Å². The molecule has 1 fully saturated rings. The Morgan fingerprint density at radius 1 is 1.22 bits per heavy atom. The largest absolute Gasteiger partial charge is 0.380 e. The van der Waals surface area contributed by atoms with Gasteiger partial charge < -0.3 is 14.6 Å². The minimum Gasteiger partial charge on any atom is -0.380 e. The first-order chi connectivity index (χ1) is 17.2. The van der Waals surface area contributed by atoms with Gasteiger partial charge in [0, 0.05) is 41.9 Å². The molecular weight excluding hydrogens is 476 g/mol. The number of hydrogen-bond acceptors (Lipinski definition) is 6. The summed E-state index contributed by atoms with van der Waals surface area (Å²) in [5.74, 6) is 0.791. The second-order valence-electron chi connectivity index (χ2n) is 10.1. The van der Waals surface area contributed by atoms with Gasteiger partial charge in [0.25, 0.3) is 0 Å². The van der Waals surface area contributed by atoms with Crippen molar-refractivity contribution in [2.45, 2.75) is 45.1 Å². The SMILES string of the molecule is COCc1cc(-c2[nH]c3ccc(C4CCN(CCS(N)(=O)=O)CC4)cc3c2C(C)C)cn2ncnc12. The molecule has 192 valence electrons. The fraction of sp³-hybridized carbons (Fsp3) is 0.462. The van der Waals surface area contributed by atoms with Crippen LogP contribution in [-0.2, 0) is 21.4 Å². The van der Waals surface area contributed by atoms with E-state index in [9.17, 15) is 8.42 Å². The van der Waals surface area contributed by atoms with E-state index < -0.39 is 10.0 Å². The zero-order valence-electron chi connectivity index (χ0n) is 21.1. The third kappa shape index (κ3) is 5.04. The topological polar surface area (TPSA) is 119 Å². The first-order valence-corrected chi connectivity index (χ1v) is 14.1. The van der Waals surface area contributed by atoms with Crippen molar-refractivity contribution in [3.8, 4) is 11.3 Å². The normalized spacial score (nSPS) is 16.0. The van der Waals surface area contributed by atoms with Gasteiger partial charge in [0.1, 0.15) is 6.33 Å². The Bertz CT molecular complexity index is 1480. The number of benzene rings is 1. The van der Waals surface area contributed by atoms with Crippen molar-refractivity contribution < 1.29 is 13.2 Å². The number of primary sulfonamides is 1. The molecule has 0 bridgehead atoms. The summed E-state index contributed by atoms with van der Waals surface area (Å²) in [6, 6.07) is 8.91. The molecule has 1 saturated heterocycles. The van der Waals surface area contributed by atoms with Gasteiger partial charge in [-0.2, -0.15) is 5.10 Å². The molecule has 36 heavy (non-hydrogen) atoms. The van der Waals surface area contributed by atoms with Crippen LogP contribution in [0, 0.1) is 0 Å². The van der Waals surface area contributed by atoms with Crippen LogP contribution < -0.4 is 5.14 Å². The number of nitrogens with zero attached hydrogens (tertiary/aromatic N) is 4. The van der Waals surface area contributed by atoms with Gasteiger partial charge in [-0.25, -0.2) is 23.1 Å². The molecule has 0 spiro atoms. The number of fused-ring (bicyclic) bond motifs is 2. The fourth-order valence-corrected chi connectivity index (χ4v) is 5.96. The predicted octanol–water partition coefficient (Wildman–Crippen LogP) is 3.62. The van der Waals surface area contributed by atoms with Crippen LogP contribution in [0.4, 0.5) is 0 Å². The smallest absolute Gasteiger partial charge is 0.210 e. The Labute approximate surface area is 211 Å². The van der Waals surface area contributed by atoms with Crippen LogP contribution in [0.2, 0.25) is 0 Å². The lowest BCUT2D eigenvalue weighted by Gasteiger charge is -2.32. The highest BCUT2D eigenvalue weighted by atomic mass is 32.2. The van der Waals surface area contributed by atoms with Crippen molar-refractivity contribution in [3.05, 3.63) is 53.5 Å². The van der Waals surface area contributed by atoms with E-state index in [0.717, 1.165) is 53.9 Å². The van der Waals surface area contributed by atoms with Crippen molar-refractivity contribution in [1.29, 1.82) is 0 Å². The predicted molar refractivity (Wildman–Crippen MR) is 141 cm³/mol. The number of piperidine rings is 1. The molecule has 0 atom stereocenters. The molecule has 0 amide bonds. The second-order valence-corrected chi connectivity index (χ2v) is 11.8. The monoisotopic (exact) mass is 510 g/mol. The van der Waals surface area contributed by atoms with Gasteiger partial charge in [0.15, 0.2) is 5.65 Å². The number of nitrogens with one attached hydrogen (secondary N) is 1. The van der Waals surface area contributed by atoms with Crippen molar-refractivity contribution in [2.24, 2.45) is 5.14 Å². The van der Waals surface area contributed by atoms with Crippen LogP contribution in [-0.4, -0.2) is 65.4 Å². The van der Waals surface area contributed by atoms with Gasteiger partial charge in [0.05, 0.1) is 18.1 Å². The Kier molecular flexibility index (Phi) is 6.86. The summed E-state index contributed by atoms with van der Waals surface area (Å²) in [5, 5.41) is 10.8. The second kappa shape index (κ2) is 9.93. The molecule has 3 aromatic heterocycles. The Morgan fingerprint density at radius 2 is 2.00 bits per heavy atom. The number of pyridine rings is 1. The number of sulfonamides is 1. The summed E-state index contributed by atoms with van der Waals surface area (Å²) in [7, 11) is -1.73. The summed E-state index contributed by atoms with van der Waals surface area (Å²) in [6.45, 7) is 7.19. The molecule has 1 aliphatic heterocycles. The zero-order valence-corrected chi connectivity index (χ0v) is 21.9. The van der Waals surface area contributed by atoms with E-state index in [0.29, 0.717) is 25.0 Å². The lowest BCUT2D eigenvalue weighted by molar-refractivity contribution is 0.185. The quantitative estimate of drug-likeness (QED) is 0.374. The lowest BCUT2D eigenvalue weighted by Crippen LogP contribution is -2.37. The maximum atomic E-state index is 11.3. The zero-order chi connectivity index (χ0) is 25.4. The molecule has 10 heteroatoms. The molecular formula is C26H34N6O3S. The molecule has 1 aliphatic rings.